The average molecular weight is 375 g/mol. The van der Waals surface area contributed by atoms with Crippen molar-refractivity contribution < 1.29 is 9.59 Å². The van der Waals surface area contributed by atoms with E-state index in [2.05, 4.69) is 39.3 Å². The number of nitrogens with zero attached hydrogens (tertiary/aromatic N) is 2. The number of nitrogens with one attached hydrogen (secondary N) is 2. The Kier molecular flexibility index (Phi) is 5.64. The molecule has 1 atom stereocenters. The highest BCUT2D eigenvalue weighted by atomic mass is 35.5. The Labute approximate surface area is 158 Å². The van der Waals surface area contributed by atoms with Crippen LogP contribution in [0.4, 0.5) is 5.69 Å². The predicted molar refractivity (Wildman–Crippen MR) is 102 cm³/mol. The Hall–Kier alpha value is -2.31. The molecule has 0 aliphatic carbocycles. The molecule has 26 heavy (non-hydrogen) atoms. The second-order valence-electron chi connectivity index (χ2n) is 6.51. The van der Waals surface area contributed by atoms with Gasteiger partial charge in [0.2, 0.25) is 11.8 Å². The van der Waals surface area contributed by atoms with Crippen molar-refractivity contribution in [3.05, 3.63) is 52.8 Å². The molecule has 1 unspecified atom stereocenters. The van der Waals surface area contributed by atoms with E-state index in [1.807, 2.05) is 13.0 Å². The van der Waals surface area contributed by atoms with E-state index in [-0.39, 0.29) is 30.9 Å². The molecule has 0 radical (unpaired) electrons. The molecule has 2 amide bonds. The molecule has 2 aromatic rings. The highest BCUT2D eigenvalue weighted by Crippen LogP contribution is 2.25. The molecular formula is C19H23ClN4O2. The number of hydrogen-bond acceptors (Lipinski definition) is 3. The lowest BCUT2D eigenvalue weighted by Gasteiger charge is -2.34. The Morgan fingerprint density at radius 2 is 2.00 bits per heavy atom. The molecule has 0 fully saturated rings. The summed E-state index contributed by atoms with van der Waals surface area (Å²) in [7, 11) is 0. The third-order valence-electron chi connectivity index (χ3n) is 4.80. The molecule has 3 rings (SSSR count). The van der Waals surface area contributed by atoms with E-state index in [0.717, 1.165) is 18.7 Å². The fourth-order valence-corrected chi connectivity index (χ4v) is 3.37. The van der Waals surface area contributed by atoms with Crippen molar-refractivity contribution in [1.82, 2.24) is 14.8 Å². The van der Waals surface area contributed by atoms with Crippen LogP contribution in [0.3, 0.4) is 0 Å². The van der Waals surface area contributed by atoms with Crippen molar-refractivity contribution in [2.75, 3.05) is 25.0 Å². The Morgan fingerprint density at radius 1 is 1.19 bits per heavy atom. The van der Waals surface area contributed by atoms with E-state index >= 15 is 0 Å². The molecule has 138 valence electrons. The average Bonchev–Trinajstić information content (AvgIpc) is 3.09. The van der Waals surface area contributed by atoms with Crippen LogP contribution >= 0.6 is 11.6 Å². The number of anilines is 1. The second-order valence-corrected chi connectivity index (χ2v) is 6.92. The van der Waals surface area contributed by atoms with E-state index in [0.29, 0.717) is 10.7 Å². The van der Waals surface area contributed by atoms with Crippen LogP contribution < -0.4 is 10.6 Å². The van der Waals surface area contributed by atoms with Gasteiger partial charge in [-0.05, 0) is 43.7 Å². The number of halogens is 1. The molecule has 1 aromatic carbocycles. The lowest BCUT2D eigenvalue weighted by molar-refractivity contribution is -0.125. The van der Waals surface area contributed by atoms with Gasteiger partial charge in [-0.2, -0.15) is 0 Å². The zero-order valence-electron chi connectivity index (χ0n) is 15.0. The minimum absolute atomic E-state index is 0.0661. The Morgan fingerprint density at radius 3 is 2.81 bits per heavy atom. The van der Waals surface area contributed by atoms with Crippen LogP contribution in [0.25, 0.3) is 0 Å². The van der Waals surface area contributed by atoms with E-state index in [4.69, 9.17) is 11.6 Å². The molecule has 0 saturated heterocycles. The zero-order chi connectivity index (χ0) is 18.7. The van der Waals surface area contributed by atoms with Crippen LogP contribution in [0.1, 0.15) is 24.2 Å². The summed E-state index contributed by atoms with van der Waals surface area (Å²) in [6, 6.07) is 9.60. The Balaban J connectivity index is 1.48. The first-order valence-corrected chi connectivity index (χ1v) is 9.04. The van der Waals surface area contributed by atoms with Crippen molar-refractivity contribution in [3.8, 4) is 0 Å². The second kappa shape index (κ2) is 7.93. The summed E-state index contributed by atoms with van der Waals surface area (Å²) in [6.45, 7) is 5.81. The van der Waals surface area contributed by atoms with Gasteiger partial charge < -0.3 is 15.2 Å². The van der Waals surface area contributed by atoms with Crippen molar-refractivity contribution >= 4 is 29.1 Å². The molecule has 1 aromatic heterocycles. The first-order chi connectivity index (χ1) is 12.5. The van der Waals surface area contributed by atoms with Gasteiger partial charge in [0.15, 0.2) is 0 Å². The zero-order valence-corrected chi connectivity index (χ0v) is 15.7. The number of hydrogen-bond donors (Lipinski definition) is 2. The van der Waals surface area contributed by atoms with E-state index < -0.39 is 0 Å². The van der Waals surface area contributed by atoms with E-state index in [9.17, 15) is 9.59 Å². The normalized spacial score (nSPS) is 16.8. The molecular weight excluding hydrogens is 352 g/mol. The largest absolute Gasteiger partial charge is 0.349 e. The van der Waals surface area contributed by atoms with Gasteiger partial charge in [-0.15, -0.1) is 0 Å². The van der Waals surface area contributed by atoms with Crippen molar-refractivity contribution in [2.45, 2.75) is 26.4 Å². The van der Waals surface area contributed by atoms with Crippen LogP contribution in [0.15, 0.2) is 36.5 Å². The number of carbonyl (C=O) groups excluding carboxylic acids is 2. The minimum atomic E-state index is -0.274. The number of benzene rings is 1. The monoisotopic (exact) mass is 374 g/mol. The summed E-state index contributed by atoms with van der Waals surface area (Å²) in [5, 5.41) is 6.06. The summed E-state index contributed by atoms with van der Waals surface area (Å²) in [5.41, 5.74) is 2.67. The number of aromatic nitrogens is 1. The maximum atomic E-state index is 12.2. The standard InChI is InChI=1S/C19H23ClN4O2/c1-13-15(20)5-3-6-16(13)22-18(25)11-21-19(26)12-24-10-9-23-8-4-7-17(23)14(24)2/h3-8,14H,9-12H2,1-2H3,(H,21,26)(H,22,25). The molecule has 0 spiro atoms. The minimum Gasteiger partial charge on any atom is -0.349 e. The van der Waals surface area contributed by atoms with Gasteiger partial charge in [0.25, 0.3) is 0 Å². The predicted octanol–water partition coefficient (Wildman–Crippen LogP) is 2.58. The maximum Gasteiger partial charge on any atom is 0.243 e. The van der Waals surface area contributed by atoms with Crippen LogP contribution in [0, 0.1) is 6.92 Å². The summed E-state index contributed by atoms with van der Waals surface area (Å²) in [6.07, 6.45) is 2.06. The lowest BCUT2D eigenvalue weighted by atomic mass is 10.1. The van der Waals surface area contributed by atoms with E-state index in [1.165, 1.54) is 5.69 Å². The van der Waals surface area contributed by atoms with Crippen LogP contribution in [-0.4, -0.2) is 40.9 Å². The first kappa shape index (κ1) is 18.5. The summed E-state index contributed by atoms with van der Waals surface area (Å²) in [5.74, 6) is -0.431. The summed E-state index contributed by atoms with van der Waals surface area (Å²) >= 11 is 6.05. The molecule has 0 saturated carbocycles. The number of carbonyl (C=O) groups is 2. The quantitative estimate of drug-likeness (QED) is 0.845. The topological polar surface area (TPSA) is 66.4 Å². The van der Waals surface area contributed by atoms with Crippen LogP contribution in [0.5, 0.6) is 0 Å². The first-order valence-electron chi connectivity index (χ1n) is 8.66. The highest BCUT2D eigenvalue weighted by Gasteiger charge is 2.25. The molecule has 2 heterocycles. The third kappa shape index (κ3) is 4.08. The van der Waals surface area contributed by atoms with Crippen molar-refractivity contribution in [1.29, 1.82) is 0 Å². The van der Waals surface area contributed by atoms with Gasteiger partial charge in [0.1, 0.15) is 0 Å². The maximum absolute atomic E-state index is 12.2. The molecule has 7 heteroatoms. The summed E-state index contributed by atoms with van der Waals surface area (Å²) < 4.78 is 2.21. The number of fused-ring (bicyclic) bond motifs is 1. The van der Waals surface area contributed by atoms with Crippen molar-refractivity contribution in [2.24, 2.45) is 0 Å². The molecule has 6 nitrogen and oxygen atoms in total. The third-order valence-corrected chi connectivity index (χ3v) is 5.21. The summed E-state index contributed by atoms with van der Waals surface area (Å²) in [4.78, 5) is 26.4. The fourth-order valence-electron chi connectivity index (χ4n) is 3.20. The van der Waals surface area contributed by atoms with Gasteiger partial charge in [-0.25, -0.2) is 0 Å². The molecule has 1 aliphatic rings. The van der Waals surface area contributed by atoms with Crippen molar-refractivity contribution in [3.63, 3.8) is 0 Å². The van der Waals surface area contributed by atoms with Crippen LogP contribution in [0.2, 0.25) is 5.02 Å². The van der Waals surface area contributed by atoms with Crippen LogP contribution in [-0.2, 0) is 16.1 Å². The lowest BCUT2D eigenvalue weighted by Crippen LogP contribution is -2.44. The van der Waals surface area contributed by atoms with E-state index in [1.54, 1.807) is 18.2 Å². The van der Waals surface area contributed by atoms with Gasteiger partial charge in [-0.3, -0.25) is 14.5 Å². The molecule has 1 aliphatic heterocycles. The highest BCUT2D eigenvalue weighted by molar-refractivity contribution is 6.31. The smallest absolute Gasteiger partial charge is 0.243 e. The number of rotatable bonds is 5. The van der Waals surface area contributed by atoms with Gasteiger partial charge >= 0.3 is 0 Å². The SMILES string of the molecule is Cc1c(Cl)cccc1NC(=O)CNC(=O)CN1CCn2cccc2C1C. The number of amides is 2. The fraction of sp³-hybridized carbons (Fsp3) is 0.368. The van der Waals surface area contributed by atoms with Gasteiger partial charge in [-0.1, -0.05) is 17.7 Å². The molecule has 2 N–H and O–H groups in total. The van der Waals surface area contributed by atoms with Gasteiger partial charge in [0, 0.05) is 41.7 Å². The van der Waals surface area contributed by atoms with Gasteiger partial charge in [0.05, 0.1) is 13.1 Å². The molecule has 0 bridgehead atoms. The Bertz CT molecular complexity index is 818.